The van der Waals surface area contributed by atoms with Gasteiger partial charge in [-0.15, -0.1) is 13.2 Å². The molecule has 0 aliphatic carbocycles. The molecule has 2 rings (SSSR count). The van der Waals surface area contributed by atoms with Crippen LogP contribution in [-0.2, 0) is 9.78 Å². The quantitative estimate of drug-likeness (QED) is 0.342. The normalized spacial score (nSPS) is 13.3. The number of benzene rings is 2. The van der Waals surface area contributed by atoms with E-state index in [2.05, 4.69) is 13.2 Å². The van der Waals surface area contributed by atoms with Gasteiger partial charge in [0.2, 0.25) is 0 Å². The summed E-state index contributed by atoms with van der Waals surface area (Å²) in [5, 5.41) is 0. The molecular weight excluding hydrogens is 272 g/mol. The Kier molecular flexibility index (Phi) is 6.62. The molecule has 0 aliphatic heterocycles. The van der Waals surface area contributed by atoms with Gasteiger partial charge in [-0.2, -0.15) is 0 Å². The van der Waals surface area contributed by atoms with Gasteiger partial charge in [0.15, 0.2) is 0 Å². The maximum Gasteiger partial charge on any atom is 0.121 e. The molecule has 2 atom stereocenters. The van der Waals surface area contributed by atoms with Gasteiger partial charge in [-0.3, -0.25) is 0 Å². The molecule has 22 heavy (non-hydrogen) atoms. The van der Waals surface area contributed by atoms with Crippen LogP contribution in [0.5, 0.6) is 0 Å². The van der Waals surface area contributed by atoms with Crippen molar-refractivity contribution in [1.29, 1.82) is 0 Å². The van der Waals surface area contributed by atoms with Gasteiger partial charge in [0.25, 0.3) is 0 Å². The van der Waals surface area contributed by atoms with Crippen LogP contribution < -0.4 is 0 Å². The molecule has 0 bridgehead atoms. The van der Waals surface area contributed by atoms with Crippen LogP contribution in [0.15, 0.2) is 86.0 Å². The first-order chi connectivity index (χ1) is 10.8. The summed E-state index contributed by atoms with van der Waals surface area (Å²) in [4.78, 5) is 11.4. The lowest BCUT2D eigenvalue weighted by molar-refractivity contribution is -0.356. The summed E-state index contributed by atoms with van der Waals surface area (Å²) in [5.41, 5.74) is 2.15. The molecule has 0 radical (unpaired) electrons. The van der Waals surface area contributed by atoms with E-state index in [0.29, 0.717) is 12.8 Å². The predicted octanol–water partition coefficient (Wildman–Crippen LogP) is 5.57. The molecule has 0 aliphatic rings. The van der Waals surface area contributed by atoms with E-state index in [-0.39, 0.29) is 12.2 Å². The van der Waals surface area contributed by atoms with Crippen molar-refractivity contribution in [3.63, 3.8) is 0 Å². The van der Waals surface area contributed by atoms with Crippen molar-refractivity contribution in [3.8, 4) is 0 Å². The number of hydrogen-bond acceptors (Lipinski definition) is 2. The minimum atomic E-state index is -0.158. The molecule has 0 aromatic heterocycles. The molecule has 114 valence electrons. The third-order valence-electron chi connectivity index (χ3n) is 3.39. The highest BCUT2D eigenvalue weighted by Crippen LogP contribution is 2.27. The second kappa shape index (κ2) is 8.98. The van der Waals surface area contributed by atoms with Crippen molar-refractivity contribution < 1.29 is 9.78 Å². The first-order valence-electron chi connectivity index (χ1n) is 7.49. The van der Waals surface area contributed by atoms with Crippen LogP contribution in [0.2, 0.25) is 0 Å². The van der Waals surface area contributed by atoms with Gasteiger partial charge in [0.05, 0.1) is 0 Å². The summed E-state index contributed by atoms with van der Waals surface area (Å²) in [6, 6.07) is 20.1. The van der Waals surface area contributed by atoms with Gasteiger partial charge < -0.3 is 0 Å². The van der Waals surface area contributed by atoms with Crippen molar-refractivity contribution in [1.82, 2.24) is 0 Å². The zero-order valence-corrected chi connectivity index (χ0v) is 12.7. The van der Waals surface area contributed by atoms with Crippen LogP contribution in [0, 0.1) is 0 Å². The number of rotatable bonds is 9. The molecule has 0 N–H and O–H groups in total. The zero-order valence-electron chi connectivity index (χ0n) is 12.7. The molecule has 2 heteroatoms. The highest BCUT2D eigenvalue weighted by molar-refractivity contribution is 5.19. The summed E-state index contributed by atoms with van der Waals surface area (Å²) >= 11 is 0. The first-order valence-corrected chi connectivity index (χ1v) is 7.49. The summed E-state index contributed by atoms with van der Waals surface area (Å²) < 4.78 is 0. The molecule has 2 nitrogen and oxygen atoms in total. The van der Waals surface area contributed by atoms with Gasteiger partial charge in [-0.25, -0.2) is 9.78 Å². The zero-order chi connectivity index (χ0) is 15.6. The molecule has 0 spiro atoms. The fraction of sp³-hybridized carbons (Fsp3) is 0.200. The van der Waals surface area contributed by atoms with Crippen molar-refractivity contribution in [2.24, 2.45) is 0 Å². The first kappa shape index (κ1) is 16.2. The van der Waals surface area contributed by atoms with E-state index >= 15 is 0 Å². The summed E-state index contributed by atoms with van der Waals surface area (Å²) in [6.45, 7) is 7.59. The second-order valence-corrected chi connectivity index (χ2v) is 5.04. The smallest absolute Gasteiger partial charge is 0.121 e. The van der Waals surface area contributed by atoms with Gasteiger partial charge >= 0.3 is 0 Å². The Labute approximate surface area is 132 Å². The lowest BCUT2D eigenvalue weighted by Gasteiger charge is -2.21. The molecule has 0 heterocycles. The van der Waals surface area contributed by atoms with Crippen LogP contribution in [0.25, 0.3) is 0 Å². The standard InChI is InChI=1S/C20H22O2/c1-3-11-19(17-13-7-5-8-14-17)21-22-20(12-4-2)18-15-9-6-10-16-18/h3-10,13-16,19-20H,1-2,11-12H2. The van der Waals surface area contributed by atoms with E-state index in [0.717, 1.165) is 11.1 Å². The molecular formula is C20H22O2. The monoisotopic (exact) mass is 294 g/mol. The Balaban J connectivity index is 2.06. The van der Waals surface area contributed by atoms with Gasteiger partial charge in [-0.05, 0) is 24.0 Å². The topological polar surface area (TPSA) is 18.5 Å². The maximum absolute atomic E-state index is 5.72. The van der Waals surface area contributed by atoms with E-state index in [1.165, 1.54) is 0 Å². The lowest BCUT2D eigenvalue weighted by atomic mass is 10.1. The Bertz CT molecular complexity index is 509. The minimum Gasteiger partial charge on any atom is -0.228 e. The third-order valence-corrected chi connectivity index (χ3v) is 3.39. The van der Waals surface area contributed by atoms with Crippen LogP contribution in [0.4, 0.5) is 0 Å². The molecule has 0 amide bonds. The van der Waals surface area contributed by atoms with Crippen molar-refractivity contribution in [2.75, 3.05) is 0 Å². The van der Waals surface area contributed by atoms with Crippen LogP contribution >= 0.6 is 0 Å². The lowest BCUT2D eigenvalue weighted by Crippen LogP contribution is -2.09. The molecule has 0 fully saturated rings. The van der Waals surface area contributed by atoms with E-state index in [1.807, 2.05) is 72.8 Å². The highest BCUT2D eigenvalue weighted by atomic mass is 17.2. The summed E-state index contributed by atoms with van der Waals surface area (Å²) in [5.74, 6) is 0. The van der Waals surface area contributed by atoms with Gasteiger partial charge in [0.1, 0.15) is 12.2 Å². The Morgan fingerprint density at radius 3 is 1.36 bits per heavy atom. The van der Waals surface area contributed by atoms with E-state index < -0.39 is 0 Å². The molecule has 2 aromatic carbocycles. The van der Waals surface area contributed by atoms with E-state index in [4.69, 9.17) is 9.78 Å². The summed E-state index contributed by atoms with van der Waals surface area (Å²) in [7, 11) is 0. The fourth-order valence-electron chi connectivity index (χ4n) is 2.23. The average Bonchev–Trinajstić information content (AvgIpc) is 2.59. The van der Waals surface area contributed by atoms with Crippen molar-refractivity contribution in [2.45, 2.75) is 25.0 Å². The van der Waals surface area contributed by atoms with Crippen LogP contribution in [0.1, 0.15) is 36.2 Å². The van der Waals surface area contributed by atoms with Crippen LogP contribution in [-0.4, -0.2) is 0 Å². The van der Waals surface area contributed by atoms with Gasteiger partial charge in [0, 0.05) is 0 Å². The molecule has 2 unspecified atom stereocenters. The Morgan fingerprint density at radius 2 is 1.05 bits per heavy atom. The van der Waals surface area contributed by atoms with Crippen molar-refractivity contribution in [3.05, 3.63) is 97.1 Å². The molecule has 2 aromatic rings. The second-order valence-electron chi connectivity index (χ2n) is 5.04. The Hall–Kier alpha value is -2.16. The van der Waals surface area contributed by atoms with Crippen molar-refractivity contribution >= 4 is 0 Å². The molecule has 0 saturated heterocycles. The maximum atomic E-state index is 5.72. The highest BCUT2D eigenvalue weighted by Gasteiger charge is 2.16. The average molecular weight is 294 g/mol. The minimum absolute atomic E-state index is 0.158. The SMILES string of the molecule is C=CCC(OOC(CC=C)c1ccccc1)c1ccccc1. The number of hydrogen-bond donors (Lipinski definition) is 0. The largest absolute Gasteiger partial charge is 0.228 e. The third kappa shape index (κ3) is 4.69. The Morgan fingerprint density at radius 1 is 0.682 bits per heavy atom. The van der Waals surface area contributed by atoms with Crippen LogP contribution in [0.3, 0.4) is 0 Å². The van der Waals surface area contributed by atoms with E-state index in [9.17, 15) is 0 Å². The van der Waals surface area contributed by atoms with E-state index in [1.54, 1.807) is 0 Å². The summed E-state index contributed by atoms with van der Waals surface area (Å²) in [6.07, 6.45) is 4.75. The van der Waals surface area contributed by atoms with Gasteiger partial charge in [-0.1, -0.05) is 72.8 Å². The molecule has 0 saturated carbocycles. The fourth-order valence-corrected chi connectivity index (χ4v) is 2.23. The predicted molar refractivity (Wildman–Crippen MR) is 90.2 cm³/mol.